The smallest absolute Gasteiger partial charge is 0.165 e. The summed E-state index contributed by atoms with van der Waals surface area (Å²) in [6.45, 7) is 1.91. The van der Waals surface area contributed by atoms with E-state index < -0.39 is 5.82 Å². The lowest BCUT2D eigenvalue weighted by atomic mass is 10.1. The molecule has 0 N–H and O–H groups in total. The standard InChI is InChI=1S/C15H14F2O/c1-2-14(11-6-5-7-12(16)10-11)18-15-9-4-3-8-13(15)17/h3-10,14H,2H2,1H3. The lowest BCUT2D eigenvalue weighted by Crippen LogP contribution is -2.07. The molecule has 0 radical (unpaired) electrons. The highest BCUT2D eigenvalue weighted by atomic mass is 19.1. The summed E-state index contributed by atoms with van der Waals surface area (Å²) in [7, 11) is 0. The van der Waals surface area contributed by atoms with Crippen molar-refractivity contribution in [2.24, 2.45) is 0 Å². The van der Waals surface area contributed by atoms with Crippen LogP contribution in [0.2, 0.25) is 0 Å². The molecule has 18 heavy (non-hydrogen) atoms. The van der Waals surface area contributed by atoms with Crippen LogP contribution in [0.15, 0.2) is 48.5 Å². The van der Waals surface area contributed by atoms with Gasteiger partial charge in [0.15, 0.2) is 11.6 Å². The van der Waals surface area contributed by atoms with Gasteiger partial charge in [-0.05, 0) is 36.2 Å². The molecule has 1 nitrogen and oxygen atoms in total. The van der Waals surface area contributed by atoms with Gasteiger partial charge in [0.05, 0.1) is 0 Å². The normalized spacial score (nSPS) is 12.2. The maximum atomic E-state index is 13.5. The van der Waals surface area contributed by atoms with E-state index in [0.717, 1.165) is 0 Å². The number of para-hydroxylation sites is 1. The fraction of sp³-hybridized carbons (Fsp3) is 0.200. The Labute approximate surface area is 105 Å². The first-order valence-corrected chi connectivity index (χ1v) is 5.87. The topological polar surface area (TPSA) is 9.23 Å². The van der Waals surface area contributed by atoms with Gasteiger partial charge in [-0.3, -0.25) is 0 Å². The summed E-state index contributed by atoms with van der Waals surface area (Å²) in [5.74, 6) is -0.538. The number of rotatable bonds is 4. The van der Waals surface area contributed by atoms with Crippen molar-refractivity contribution in [3.63, 3.8) is 0 Å². The summed E-state index contributed by atoms with van der Waals surface area (Å²) in [5, 5.41) is 0. The molecule has 2 rings (SSSR count). The largest absolute Gasteiger partial charge is 0.483 e. The van der Waals surface area contributed by atoms with Gasteiger partial charge >= 0.3 is 0 Å². The van der Waals surface area contributed by atoms with E-state index in [1.807, 2.05) is 6.92 Å². The Morgan fingerprint density at radius 1 is 1.06 bits per heavy atom. The highest BCUT2D eigenvalue weighted by Crippen LogP contribution is 2.26. The lowest BCUT2D eigenvalue weighted by molar-refractivity contribution is 0.192. The molecule has 0 saturated carbocycles. The van der Waals surface area contributed by atoms with Gasteiger partial charge in [0.25, 0.3) is 0 Å². The van der Waals surface area contributed by atoms with Crippen molar-refractivity contribution in [3.8, 4) is 5.75 Å². The molecular weight excluding hydrogens is 234 g/mol. The molecule has 1 atom stereocenters. The first-order chi connectivity index (χ1) is 8.70. The molecule has 0 saturated heterocycles. The zero-order valence-electron chi connectivity index (χ0n) is 10.1. The van der Waals surface area contributed by atoms with Crippen molar-refractivity contribution in [1.29, 1.82) is 0 Å². The second kappa shape index (κ2) is 5.63. The minimum absolute atomic E-state index is 0.189. The summed E-state index contributed by atoms with van der Waals surface area (Å²) in [6, 6.07) is 12.4. The molecule has 2 aromatic rings. The minimum Gasteiger partial charge on any atom is -0.483 e. The summed E-state index contributed by atoms with van der Waals surface area (Å²) in [6.07, 6.45) is 0.287. The van der Waals surface area contributed by atoms with Gasteiger partial charge in [-0.25, -0.2) is 8.78 Å². The molecule has 3 heteroatoms. The summed E-state index contributed by atoms with van der Waals surface area (Å²) in [4.78, 5) is 0. The average molecular weight is 248 g/mol. The SMILES string of the molecule is CCC(Oc1ccccc1F)c1cccc(F)c1. The van der Waals surface area contributed by atoms with Gasteiger partial charge in [0.2, 0.25) is 0 Å². The van der Waals surface area contributed by atoms with Gasteiger partial charge in [0, 0.05) is 0 Å². The maximum absolute atomic E-state index is 13.5. The van der Waals surface area contributed by atoms with Crippen LogP contribution in [0, 0.1) is 11.6 Å². The highest BCUT2D eigenvalue weighted by Gasteiger charge is 2.13. The molecule has 0 aromatic heterocycles. The van der Waals surface area contributed by atoms with E-state index in [1.165, 1.54) is 18.2 Å². The van der Waals surface area contributed by atoms with Crippen LogP contribution >= 0.6 is 0 Å². The third-order valence-electron chi connectivity index (χ3n) is 2.70. The average Bonchev–Trinajstić information content (AvgIpc) is 2.38. The quantitative estimate of drug-likeness (QED) is 0.774. The fourth-order valence-corrected chi connectivity index (χ4v) is 1.79. The number of benzene rings is 2. The Kier molecular flexibility index (Phi) is 3.92. The van der Waals surface area contributed by atoms with E-state index in [0.29, 0.717) is 12.0 Å². The van der Waals surface area contributed by atoms with E-state index in [4.69, 9.17) is 4.74 Å². The van der Waals surface area contributed by atoms with Crippen LogP contribution in [0.4, 0.5) is 8.78 Å². The Morgan fingerprint density at radius 3 is 2.50 bits per heavy atom. The molecule has 0 aliphatic rings. The highest BCUT2D eigenvalue weighted by molar-refractivity contribution is 5.26. The predicted octanol–water partition coefficient (Wildman–Crippen LogP) is 4.49. The van der Waals surface area contributed by atoms with Gasteiger partial charge in [-0.2, -0.15) is 0 Å². The van der Waals surface area contributed by atoms with Crippen LogP contribution in [-0.2, 0) is 0 Å². The van der Waals surface area contributed by atoms with Crippen molar-refractivity contribution >= 4 is 0 Å². The molecule has 0 heterocycles. The molecule has 94 valence electrons. The Bertz CT molecular complexity index is 525. The molecule has 0 spiro atoms. The number of hydrogen-bond acceptors (Lipinski definition) is 1. The molecule has 2 aromatic carbocycles. The van der Waals surface area contributed by atoms with Crippen LogP contribution in [0.25, 0.3) is 0 Å². The fourth-order valence-electron chi connectivity index (χ4n) is 1.79. The first kappa shape index (κ1) is 12.6. The van der Waals surface area contributed by atoms with E-state index in [2.05, 4.69) is 0 Å². The van der Waals surface area contributed by atoms with E-state index in [9.17, 15) is 8.78 Å². The third kappa shape index (κ3) is 2.86. The van der Waals surface area contributed by atoms with Crippen molar-refractivity contribution in [3.05, 3.63) is 65.7 Å². The second-order valence-corrected chi connectivity index (χ2v) is 4.00. The molecule has 0 fully saturated rings. The van der Waals surface area contributed by atoms with Crippen molar-refractivity contribution in [1.82, 2.24) is 0 Å². The van der Waals surface area contributed by atoms with Crippen LogP contribution in [0.5, 0.6) is 5.75 Å². The lowest BCUT2D eigenvalue weighted by Gasteiger charge is -2.18. The van der Waals surface area contributed by atoms with E-state index in [1.54, 1.807) is 30.3 Å². The van der Waals surface area contributed by atoms with Crippen LogP contribution in [-0.4, -0.2) is 0 Å². The molecule has 0 aliphatic heterocycles. The number of ether oxygens (including phenoxy) is 1. The molecular formula is C15H14F2O. The predicted molar refractivity (Wildman–Crippen MR) is 66.5 cm³/mol. The van der Waals surface area contributed by atoms with Gasteiger partial charge in [-0.15, -0.1) is 0 Å². The van der Waals surface area contributed by atoms with Crippen LogP contribution in [0.3, 0.4) is 0 Å². The first-order valence-electron chi connectivity index (χ1n) is 5.87. The molecule has 1 unspecified atom stereocenters. The third-order valence-corrected chi connectivity index (χ3v) is 2.70. The minimum atomic E-state index is -0.410. The molecule has 0 aliphatic carbocycles. The van der Waals surface area contributed by atoms with Crippen molar-refractivity contribution < 1.29 is 13.5 Å². The monoisotopic (exact) mass is 248 g/mol. The van der Waals surface area contributed by atoms with E-state index in [-0.39, 0.29) is 17.7 Å². The molecule has 0 bridgehead atoms. The van der Waals surface area contributed by atoms with Crippen molar-refractivity contribution in [2.75, 3.05) is 0 Å². The van der Waals surface area contributed by atoms with Crippen LogP contribution < -0.4 is 4.74 Å². The summed E-state index contributed by atoms with van der Waals surface area (Å²) in [5.41, 5.74) is 0.709. The zero-order valence-corrected chi connectivity index (χ0v) is 10.1. The Balaban J connectivity index is 2.23. The zero-order chi connectivity index (χ0) is 13.0. The summed E-state index contributed by atoms with van der Waals surface area (Å²) < 4.78 is 32.2. The summed E-state index contributed by atoms with van der Waals surface area (Å²) >= 11 is 0. The Morgan fingerprint density at radius 2 is 1.83 bits per heavy atom. The van der Waals surface area contributed by atoms with Gasteiger partial charge < -0.3 is 4.74 Å². The van der Waals surface area contributed by atoms with Crippen molar-refractivity contribution in [2.45, 2.75) is 19.4 Å². The Hall–Kier alpha value is -1.90. The van der Waals surface area contributed by atoms with Crippen LogP contribution in [0.1, 0.15) is 25.0 Å². The number of hydrogen-bond donors (Lipinski definition) is 0. The van der Waals surface area contributed by atoms with Gasteiger partial charge in [-0.1, -0.05) is 31.2 Å². The second-order valence-electron chi connectivity index (χ2n) is 4.00. The number of halogens is 2. The van der Waals surface area contributed by atoms with Gasteiger partial charge in [0.1, 0.15) is 11.9 Å². The van der Waals surface area contributed by atoms with E-state index >= 15 is 0 Å². The molecule has 0 amide bonds. The maximum Gasteiger partial charge on any atom is 0.165 e.